The average Bonchev–Trinajstić information content (AvgIpc) is 3.47. The summed E-state index contributed by atoms with van der Waals surface area (Å²) in [6, 6.07) is 16.2. The molecule has 2 heterocycles. The van der Waals surface area contributed by atoms with Gasteiger partial charge in [-0.2, -0.15) is 0 Å². The van der Waals surface area contributed by atoms with Crippen molar-refractivity contribution in [3.05, 3.63) is 89.0 Å². The Kier molecular flexibility index (Phi) is 8.28. The van der Waals surface area contributed by atoms with Gasteiger partial charge < -0.3 is 19.7 Å². The number of nitrogens with zero attached hydrogens (tertiary/aromatic N) is 2. The number of cyclic esters (lactones) is 1. The number of halogens is 3. The van der Waals surface area contributed by atoms with Gasteiger partial charge in [0, 0.05) is 42.8 Å². The molecule has 2 fully saturated rings. The number of hydrogen-bond donors (Lipinski definition) is 1. The minimum atomic E-state index is -0.765. The van der Waals surface area contributed by atoms with Crippen molar-refractivity contribution < 1.29 is 27.8 Å². The van der Waals surface area contributed by atoms with Gasteiger partial charge in [-0.3, -0.25) is 9.69 Å². The van der Waals surface area contributed by atoms with Crippen LogP contribution in [0.25, 0.3) is 0 Å². The summed E-state index contributed by atoms with van der Waals surface area (Å²) in [4.78, 5) is 28.1. The van der Waals surface area contributed by atoms with E-state index >= 15 is 0 Å². The Balaban J connectivity index is 1.30. The van der Waals surface area contributed by atoms with Crippen molar-refractivity contribution in [3.8, 4) is 11.5 Å². The zero-order valence-electron chi connectivity index (χ0n) is 21.1. The molecule has 2 atom stereocenters. The first-order valence-electron chi connectivity index (χ1n) is 12.9. The van der Waals surface area contributed by atoms with Gasteiger partial charge in [-0.05, 0) is 85.6 Å². The summed E-state index contributed by atoms with van der Waals surface area (Å²) in [7, 11) is 0. The van der Waals surface area contributed by atoms with Gasteiger partial charge >= 0.3 is 6.09 Å². The molecule has 0 unspecified atom stereocenters. The average molecular weight is 556 g/mol. The van der Waals surface area contributed by atoms with Crippen LogP contribution >= 0.6 is 11.6 Å². The smallest absolute Gasteiger partial charge is 0.415 e. The van der Waals surface area contributed by atoms with Crippen LogP contribution in [-0.2, 0) is 9.53 Å². The molecule has 3 aromatic rings. The Hall–Kier alpha value is -3.69. The highest BCUT2D eigenvalue weighted by atomic mass is 35.5. The molecule has 5 rings (SSSR count). The van der Waals surface area contributed by atoms with Gasteiger partial charge in [0.1, 0.15) is 35.3 Å². The number of likely N-dealkylation sites (tertiary alicyclic amines) is 1. The van der Waals surface area contributed by atoms with Crippen molar-refractivity contribution in [2.24, 2.45) is 0 Å². The van der Waals surface area contributed by atoms with Gasteiger partial charge in [0.15, 0.2) is 0 Å². The third-order valence-electron chi connectivity index (χ3n) is 6.77. The van der Waals surface area contributed by atoms with E-state index in [-0.39, 0.29) is 18.0 Å². The molecule has 0 aromatic heterocycles. The van der Waals surface area contributed by atoms with Crippen LogP contribution in [0.4, 0.5) is 19.3 Å². The standard InChI is InChI=1S/C29H28ClF2N3O4/c30-20-4-8-24(9-5-20)38-25-10-6-23(7-11-25)35-28(19-15-21(31)17-22(32)16-19)26(39-29(35)37)18-33-12-2-14-34-13-1-3-27(34)36/h4-11,15-17,26,28,33H,1-3,12-14,18H2/t26-,28-/m0/s1. The zero-order chi connectivity index (χ0) is 27.4. The second kappa shape index (κ2) is 12.0. The molecule has 0 radical (unpaired) electrons. The van der Waals surface area contributed by atoms with Crippen LogP contribution in [0, 0.1) is 11.6 Å². The summed E-state index contributed by atoms with van der Waals surface area (Å²) in [5, 5.41) is 3.86. The monoisotopic (exact) mass is 555 g/mol. The van der Waals surface area contributed by atoms with Crippen LogP contribution in [0.5, 0.6) is 11.5 Å². The fourth-order valence-electron chi connectivity index (χ4n) is 4.95. The first-order valence-corrected chi connectivity index (χ1v) is 13.2. The minimum Gasteiger partial charge on any atom is -0.457 e. The van der Waals surface area contributed by atoms with E-state index in [4.69, 9.17) is 21.1 Å². The SMILES string of the molecule is O=C1CCCN1CCCNC[C@@H]1OC(=O)N(c2ccc(Oc3ccc(Cl)cc3)cc2)[C@H]1c1cc(F)cc(F)c1. The van der Waals surface area contributed by atoms with Crippen LogP contribution in [0.3, 0.4) is 0 Å². The molecular weight excluding hydrogens is 528 g/mol. The molecule has 2 aliphatic heterocycles. The van der Waals surface area contributed by atoms with E-state index in [9.17, 15) is 18.4 Å². The van der Waals surface area contributed by atoms with Gasteiger partial charge in [-0.25, -0.2) is 13.6 Å². The Bertz CT molecular complexity index is 1300. The maximum Gasteiger partial charge on any atom is 0.415 e. The molecule has 7 nitrogen and oxygen atoms in total. The van der Waals surface area contributed by atoms with E-state index in [2.05, 4.69) is 5.32 Å². The zero-order valence-corrected chi connectivity index (χ0v) is 21.9. The van der Waals surface area contributed by atoms with Crippen LogP contribution in [0.1, 0.15) is 30.9 Å². The van der Waals surface area contributed by atoms with Crippen LogP contribution in [-0.4, -0.2) is 49.2 Å². The van der Waals surface area contributed by atoms with E-state index < -0.39 is 29.9 Å². The molecule has 10 heteroatoms. The van der Waals surface area contributed by atoms with E-state index in [0.717, 1.165) is 25.5 Å². The van der Waals surface area contributed by atoms with Gasteiger partial charge in [0.2, 0.25) is 5.91 Å². The normalized spacial score (nSPS) is 19.1. The predicted octanol–water partition coefficient (Wildman–Crippen LogP) is 6.08. The Labute approximate surface area is 230 Å². The van der Waals surface area contributed by atoms with E-state index in [0.29, 0.717) is 41.7 Å². The van der Waals surface area contributed by atoms with Crippen molar-refractivity contribution in [2.45, 2.75) is 31.4 Å². The van der Waals surface area contributed by atoms with Crippen molar-refractivity contribution >= 4 is 29.3 Å². The lowest BCUT2D eigenvalue weighted by molar-refractivity contribution is -0.127. The third kappa shape index (κ3) is 6.49. The summed E-state index contributed by atoms with van der Waals surface area (Å²) >= 11 is 5.93. The molecule has 39 heavy (non-hydrogen) atoms. The third-order valence-corrected chi connectivity index (χ3v) is 7.02. The second-order valence-electron chi connectivity index (χ2n) is 9.53. The fourth-order valence-corrected chi connectivity index (χ4v) is 5.08. The number of amides is 2. The summed E-state index contributed by atoms with van der Waals surface area (Å²) < 4.78 is 39.9. The molecule has 204 valence electrons. The van der Waals surface area contributed by atoms with E-state index in [1.54, 1.807) is 48.5 Å². The molecule has 2 aliphatic rings. The number of ether oxygens (including phenoxy) is 2. The minimum absolute atomic E-state index is 0.174. The van der Waals surface area contributed by atoms with Crippen LogP contribution in [0.15, 0.2) is 66.7 Å². The summed E-state index contributed by atoms with van der Waals surface area (Å²) in [6.07, 6.45) is 0.911. The van der Waals surface area contributed by atoms with Gasteiger partial charge in [-0.1, -0.05) is 11.6 Å². The molecular formula is C29H28ClF2N3O4. The van der Waals surface area contributed by atoms with Crippen molar-refractivity contribution in [1.82, 2.24) is 10.2 Å². The Morgan fingerprint density at radius 3 is 2.28 bits per heavy atom. The molecule has 1 N–H and O–H groups in total. The van der Waals surface area contributed by atoms with Crippen LogP contribution < -0.4 is 15.0 Å². The largest absolute Gasteiger partial charge is 0.457 e. The van der Waals surface area contributed by atoms with E-state index in [1.165, 1.54) is 17.0 Å². The Morgan fingerprint density at radius 2 is 1.64 bits per heavy atom. The van der Waals surface area contributed by atoms with Gasteiger partial charge in [-0.15, -0.1) is 0 Å². The summed E-state index contributed by atoms with van der Waals surface area (Å²) in [5.74, 6) is -0.165. The molecule has 2 saturated heterocycles. The van der Waals surface area contributed by atoms with E-state index in [1.807, 2.05) is 4.90 Å². The lowest BCUT2D eigenvalue weighted by atomic mass is 9.99. The number of hydrogen-bond acceptors (Lipinski definition) is 5. The maximum absolute atomic E-state index is 14.2. The summed E-state index contributed by atoms with van der Waals surface area (Å²) in [5.41, 5.74) is 0.780. The van der Waals surface area contributed by atoms with Crippen molar-refractivity contribution in [2.75, 3.05) is 31.1 Å². The maximum atomic E-state index is 14.2. The number of carbonyl (C=O) groups is 2. The highest BCUT2D eigenvalue weighted by molar-refractivity contribution is 6.30. The fraction of sp³-hybridized carbons (Fsp3) is 0.310. The number of nitrogens with one attached hydrogen (secondary N) is 1. The van der Waals surface area contributed by atoms with Crippen molar-refractivity contribution in [3.63, 3.8) is 0 Å². The lowest BCUT2D eigenvalue weighted by Crippen LogP contribution is -2.36. The second-order valence-corrected chi connectivity index (χ2v) is 9.97. The first-order chi connectivity index (χ1) is 18.9. The summed E-state index contributed by atoms with van der Waals surface area (Å²) in [6.45, 7) is 2.31. The lowest BCUT2D eigenvalue weighted by Gasteiger charge is -2.26. The molecule has 0 saturated carbocycles. The molecule has 0 bridgehead atoms. The number of rotatable bonds is 10. The van der Waals surface area contributed by atoms with Gasteiger partial charge in [0.25, 0.3) is 0 Å². The van der Waals surface area contributed by atoms with Gasteiger partial charge in [0.05, 0.1) is 0 Å². The molecule has 0 aliphatic carbocycles. The van der Waals surface area contributed by atoms with Crippen molar-refractivity contribution in [1.29, 1.82) is 0 Å². The Morgan fingerprint density at radius 1 is 0.974 bits per heavy atom. The number of benzene rings is 3. The topological polar surface area (TPSA) is 71.1 Å². The predicted molar refractivity (Wildman–Crippen MR) is 143 cm³/mol. The molecule has 2 amide bonds. The highest BCUT2D eigenvalue weighted by Crippen LogP contribution is 2.38. The molecule has 3 aromatic carbocycles. The van der Waals surface area contributed by atoms with Crippen LogP contribution in [0.2, 0.25) is 5.02 Å². The quantitative estimate of drug-likeness (QED) is 0.307. The highest BCUT2D eigenvalue weighted by Gasteiger charge is 2.43. The first kappa shape index (κ1) is 26.9. The number of carbonyl (C=O) groups excluding carboxylic acids is 2. The molecule has 0 spiro atoms. The number of anilines is 1.